The van der Waals surface area contributed by atoms with Gasteiger partial charge in [0.1, 0.15) is 23.7 Å². The summed E-state index contributed by atoms with van der Waals surface area (Å²) in [4.78, 5) is 16.9. The summed E-state index contributed by atoms with van der Waals surface area (Å²) >= 11 is 3.34. The molecular formula is C15H14BrN7. The fourth-order valence-electron chi connectivity index (χ4n) is 1.90. The highest BCUT2D eigenvalue weighted by Crippen LogP contribution is 2.27. The smallest absolute Gasteiger partial charge is 0.160 e. The fourth-order valence-corrected chi connectivity index (χ4v) is 2.13. The number of nitrogens with zero attached hydrogens (tertiary/aromatic N) is 4. The van der Waals surface area contributed by atoms with Crippen LogP contribution in [-0.2, 0) is 0 Å². The maximum atomic E-state index is 6.13. The molecule has 3 heterocycles. The van der Waals surface area contributed by atoms with Gasteiger partial charge in [0.2, 0.25) is 0 Å². The van der Waals surface area contributed by atoms with Crippen LogP contribution >= 0.6 is 15.9 Å². The second kappa shape index (κ2) is 6.57. The third kappa shape index (κ3) is 3.72. The van der Waals surface area contributed by atoms with Gasteiger partial charge in [0, 0.05) is 16.4 Å². The second-order valence-corrected chi connectivity index (χ2v) is 5.68. The van der Waals surface area contributed by atoms with E-state index in [0.717, 1.165) is 10.2 Å². The molecule has 0 bridgehead atoms. The first-order chi connectivity index (χ1) is 11.1. The zero-order chi connectivity index (χ0) is 16.2. The molecule has 0 saturated carbocycles. The number of hydrogen-bond acceptors (Lipinski definition) is 7. The van der Waals surface area contributed by atoms with Crippen molar-refractivity contribution in [1.29, 1.82) is 0 Å². The summed E-state index contributed by atoms with van der Waals surface area (Å²) in [6.45, 7) is 1.92. The Morgan fingerprint density at radius 3 is 2.35 bits per heavy atom. The van der Waals surface area contributed by atoms with Crippen LogP contribution in [0.4, 0.5) is 29.0 Å². The van der Waals surface area contributed by atoms with Gasteiger partial charge < -0.3 is 16.4 Å². The van der Waals surface area contributed by atoms with Gasteiger partial charge in [0.05, 0.1) is 0 Å². The predicted molar refractivity (Wildman–Crippen MR) is 93.9 cm³/mol. The zero-order valence-corrected chi connectivity index (χ0v) is 13.9. The molecule has 0 aromatic carbocycles. The van der Waals surface area contributed by atoms with Crippen molar-refractivity contribution in [2.45, 2.75) is 6.92 Å². The van der Waals surface area contributed by atoms with Crippen LogP contribution in [0.1, 0.15) is 5.69 Å². The van der Waals surface area contributed by atoms with E-state index in [1.807, 2.05) is 37.3 Å². The van der Waals surface area contributed by atoms with Crippen LogP contribution in [0, 0.1) is 6.92 Å². The highest BCUT2D eigenvalue weighted by Gasteiger charge is 2.09. The lowest BCUT2D eigenvalue weighted by molar-refractivity contribution is 1.14. The summed E-state index contributed by atoms with van der Waals surface area (Å²) in [7, 11) is 0. The minimum atomic E-state index is 0.389. The van der Waals surface area contributed by atoms with Gasteiger partial charge in [-0.2, -0.15) is 0 Å². The summed E-state index contributed by atoms with van der Waals surface area (Å²) in [6.07, 6.45) is 3.12. The number of anilines is 5. The van der Waals surface area contributed by atoms with Gasteiger partial charge in [0.15, 0.2) is 11.6 Å². The molecular weight excluding hydrogens is 358 g/mol. The van der Waals surface area contributed by atoms with Crippen molar-refractivity contribution >= 4 is 44.9 Å². The largest absolute Gasteiger partial charge is 0.393 e. The van der Waals surface area contributed by atoms with Gasteiger partial charge in [-0.1, -0.05) is 6.07 Å². The van der Waals surface area contributed by atoms with Crippen molar-refractivity contribution in [3.8, 4) is 0 Å². The van der Waals surface area contributed by atoms with Gasteiger partial charge in [0.25, 0.3) is 0 Å². The number of pyridine rings is 2. The van der Waals surface area contributed by atoms with Crippen LogP contribution in [0.5, 0.6) is 0 Å². The molecule has 0 unspecified atom stereocenters. The number of aromatic nitrogens is 4. The van der Waals surface area contributed by atoms with E-state index in [0.29, 0.717) is 29.0 Å². The number of halogens is 1. The minimum Gasteiger partial charge on any atom is -0.393 e. The van der Waals surface area contributed by atoms with Crippen LogP contribution < -0.4 is 16.4 Å². The number of hydrogen-bond donors (Lipinski definition) is 3. The first-order valence-corrected chi connectivity index (χ1v) is 7.61. The summed E-state index contributed by atoms with van der Waals surface area (Å²) in [6, 6.07) is 9.37. The lowest BCUT2D eigenvalue weighted by Gasteiger charge is -2.12. The lowest BCUT2D eigenvalue weighted by Crippen LogP contribution is -2.06. The van der Waals surface area contributed by atoms with Gasteiger partial charge in [-0.15, -0.1) is 0 Å². The Morgan fingerprint density at radius 2 is 1.70 bits per heavy atom. The minimum absolute atomic E-state index is 0.389. The maximum absolute atomic E-state index is 6.13. The fraction of sp³-hybridized carbons (Fsp3) is 0.0667. The van der Waals surface area contributed by atoms with Gasteiger partial charge >= 0.3 is 0 Å². The molecule has 3 aromatic rings. The predicted octanol–water partition coefficient (Wildman–Crippen LogP) is 3.41. The molecule has 0 amide bonds. The summed E-state index contributed by atoms with van der Waals surface area (Å²) < 4.78 is 0.895. The molecule has 0 radical (unpaired) electrons. The second-order valence-electron chi connectivity index (χ2n) is 4.76. The standard InChI is InChI=1S/C15H14BrN7/c1-9-3-2-4-12(21-9)23-15-13(17)14(19-8-20-15)22-11-6-5-10(16)7-18-11/h2-8H,17H2,1H3,(H2,18,19,20,21,22,23). The van der Waals surface area contributed by atoms with Crippen LogP contribution in [0.15, 0.2) is 47.3 Å². The first kappa shape index (κ1) is 15.2. The van der Waals surface area contributed by atoms with Crippen molar-refractivity contribution in [2.75, 3.05) is 16.4 Å². The Balaban J connectivity index is 1.84. The number of aryl methyl sites for hydroxylation is 1. The molecule has 3 rings (SSSR count). The quantitative estimate of drug-likeness (QED) is 0.645. The monoisotopic (exact) mass is 371 g/mol. The Hall–Kier alpha value is -2.74. The van der Waals surface area contributed by atoms with Crippen molar-refractivity contribution in [1.82, 2.24) is 19.9 Å². The lowest BCUT2D eigenvalue weighted by atomic mass is 10.3. The van der Waals surface area contributed by atoms with E-state index in [9.17, 15) is 0 Å². The summed E-state index contributed by atoms with van der Waals surface area (Å²) in [5.74, 6) is 2.27. The molecule has 0 fully saturated rings. The van der Waals surface area contributed by atoms with E-state index in [1.54, 1.807) is 6.20 Å². The molecule has 8 heteroatoms. The average molecular weight is 372 g/mol. The van der Waals surface area contributed by atoms with E-state index in [1.165, 1.54) is 6.33 Å². The maximum Gasteiger partial charge on any atom is 0.160 e. The molecule has 0 aliphatic rings. The molecule has 0 aliphatic carbocycles. The van der Waals surface area contributed by atoms with E-state index in [2.05, 4.69) is 46.5 Å². The molecule has 7 nitrogen and oxygen atoms in total. The number of nitrogens with one attached hydrogen (secondary N) is 2. The topological polar surface area (TPSA) is 102 Å². The summed E-state index contributed by atoms with van der Waals surface area (Å²) in [5, 5.41) is 6.16. The average Bonchev–Trinajstić information content (AvgIpc) is 2.53. The summed E-state index contributed by atoms with van der Waals surface area (Å²) in [5.41, 5.74) is 7.42. The van der Waals surface area contributed by atoms with E-state index in [4.69, 9.17) is 5.73 Å². The first-order valence-electron chi connectivity index (χ1n) is 6.81. The molecule has 116 valence electrons. The molecule has 0 aliphatic heterocycles. The molecule has 4 N–H and O–H groups in total. The SMILES string of the molecule is Cc1cccc(Nc2ncnc(Nc3ccc(Br)cn3)c2N)n1. The van der Waals surface area contributed by atoms with Gasteiger partial charge in [-0.05, 0) is 47.1 Å². The van der Waals surface area contributed by atoms with E-state index in [-0.39, 0.29) is 0 Å². The van der Waals surface area contributed by atoms with Crippen LogP contribution in [0.2, 0.25) is 0 Å². The van der Waals surface area contributed by atoms with Crippen LogP contribution in [-0.4, -0.2) is 19.9 Å². The normalized spacial score (nSPS) is 10.3. The van der Waals surface area contributed by atoms with Crippen LogP contribution in [0.25, 0.3) is 0 Å². The van der Waals surface area contributed by atoms with Crippen molar-refractivity contribution in [2.24, 2.45) is 0 Å². The Bertz CT molecular complexity index is 820. The van der Waals surface area contributed by atoms with Crippen molar-refractivity contribution in [3.05, 3.63) is 53.0 Å². The molecule has 0 saturated heterocycles. The van der Waals surface area contributed by atoms with E-state index >= 15 is 0 Å². The van der Waals surface area contributed by atoms with Gasteiger partial charge in [-0.3, -0.25) is 0 Å². The third-order valence-corrected chi connectivity index (χ3v) is 3.46. The van der Waals surface area contributed by atoms with Gasteiger partial charge in [-0.25, -0.2) is 19.9 Å². The number of nitrogens with two attached hydrogens (primary N) is 1. The van der Waals surface area contributed by atoms with Crippen molar-refractivity contribution in [3.63, 3.8) is 0 Å². The van der Waals surface area contributed by atoms with Crippen molar-refractivity contribution < 1.29 is 0 Å². The third-order valence-electron chi connectivity index (χ3n) is 2.99. The highest BCUT2D eigenvalue weighted by molar-refractivity contribution is 9.10. The molecule has 0 spiro atoms. The zero-order valence-electron chi connectivity index (χ0n) is 12.3. The Morgan fingerprint density at radius 1 is 0.957 bits per heavy atom. The van der Waals surface area contributed by atoms with E-state index < -0.39 is 0 Å². The Labute approximate surface area is 141 Å². The highest BCUT2D eigenvalue weighted by atomic mass is 79.9. The number of rotatable bonds is 4. The molecule has 23 heavy (non-hydrogen) atoms. The molecule has 3 aromatic heterocycles. The number of nitrogen functional groups attached to an aromatic ring is 1. The van der Waals surface area contributed by atoms with Crippen LogP contribution in [0.3, 0.4) is 0 Å². The molecule has 0 atom stereocenters. The Kier molecular flexibility index (Phi) is 4.33.